The molecule has 0 aromatic heterocycles. The summed E-state index contributed by atoms with van der Waals surface area (Å²) in [6.07, 6.45) is 0. The van der Waals surface area contributed by atoms with Crippen LogP contribution in [0.1, 0.15) is 16.7 Å². The van der Waals surface area contributed by atoms with Crippen molar-refractivity contribution in [1.29, 1.82) is 0 Å². The third-order valence-corrected chi connectivity index (χ3v) is 6.79. The van der Waals surface area contributed by atoms with Crippen molar-refractivity contribution in [2.75, 3.05) is 16.6 Å². The van der Waals surface area contributed by atoms with Crippen LogP contribution < -0.4 is 14.8 Å². The van der Waals surface area contributed by atoms with Gasteiger partial charge in [0.25, 0.3) is 15.9 Å². The average Bonchev–Trinajstić information content (AvgIpc) is 2.71. The minimum absolute atomic E-state index is 0.119. The lowest BCUT2D eigenvalue weighted by molar-refractivity contribution is -0.118. The lowest BCUT2D eigenvalue weighted by atomic mass is 10.1. The number of aryl methyl sites for hydroxylation is 3. The minimum Gasteiger partial charge on any atom is -0.483 e. The Morgan fingerprint density at radius 3 is 2.35 bits per heavy atom. The Kier molecular flexibility index (Phi) is 7.02. The number of hydrogen-bond donors (Lipinski definition) is 2. The third kappa shape index (κ3) is 5.86. The maximum atomic E-state index is 12.7. The molecule has 0 saturated heterocycles. The first-order valence-electron chi connectivity index (χ1n) is 9.53. The van der Waals surface area contributed by atoms with Gasteiger partial charge < -0.3 is 10.1 Å². The molecule has 0 heterocycles. The minimum atomic E-state index is -3.75. The molecule has 8 heteroatoms. The molecule has 162 valence electrons. The standard InChI is InChI=1S/C23H23BrN2O4S/c1-15-8-9-18(12-16(15)2)26-31(28,29)19-10-11-22(17(3)13-19)30-14-23(27)25-21-7-5-4-6-20(21)24/h4-13,26H,14H2,1-3H3,(H,25,27). The van der Waals surface area contributed by atoms with Gasteiger partial charge in [0.05, 0.1) is 10.6 Å². The Balaban J connectivity index is 1.67. The average molecular weight is 503 g/mol. The number of amides is 1. The van der Waals surface area contributed by atoms with E-state index in [1.807, 2.05) is 38.1 Å². The first-order chi connectivity index (χ1) is 14.7. The number of rotatable bonds is 7. The molecule has 0 fully saturated rings. The molecule has 1 amide bonds. The van der Waals surface area contributed by atoms with Gasteiger partial charge in [0.15, 0.2) is 6.61 Å². The van der Waals surface area contributed by atoms with Crippen LogP contribution in [0.4, 0.5) is 11.4 Å². The highest BCUT2D eigenvalue weighted by Gasteiger charge is 2.16. The number of anilines is 2. The lowest BCUT2D eigenvalue weighted by Crippen LogP contribution is -2.20. The highest BCUT2D eigenvalue weighted by Crippen LogP contribution is 2.25. The Labute approximate surface area is 190 Å². The summed E-state index contributed by atoms with van der Waals surface area (Å²) in [7, 11) is -3.75. The van der Waals surface area contributed by atoms with Crippen LogP contribution in [-0.2, 0) is 14.8 Å². The predicted octanol–water partition coefficient (Wildman–Crippen LogP) is 5.19. The fourth-order valence-electron chi connectivity index (χ4n) is 2.86. The van der Waals surface area contributed by atoms with Crippen LogP contribution in [0.5, 0.6) is 5.75 Å². The van der Waals surface area contributed by atoms with Gasteiger partial charge >= 0.3 is 0 Å². The second-order valence-corrected chi connectivity index (χ2v) is 9.69. The van der Waals surface area contributed by atoms with Crippen LogP contribution in [0.3, 0.4) is 0 Å². The molecule has 3 rings (SSSR count). The van der Waals surface area contributed by atoms with E-state index in [1.165, 1.54) is 12.1 Å². The van der Waals surface area contributed by atoms with Gasteiger partial charge in [-0.1, -0.05) is 18.2 Å². The molecule has 6 nitrogen and oxygen atoms in total. The smallest absolute Gasteiger partial charge is 0.262 e. The molecule has 0 atom stereocenters. The van der Waals surface area contributed by atoms with Crippen molar-refractivity contribution >= 4 is 43.2 Å². The first kappa shape index (κ1) is 22.8. The second-order valence-electron chi connectivity index (χ2n) is 7.15. The summed E-state index contributed by atoms with van der Waals surface area (Å²) in [5.41, 5.74) is 3.85. The van der Waals surface area contributed by atoms with E-state index in [1.54, 1.807) is 31.2 Å². The molecule has 0 saturated carbocycles. The van der Waals surface area contributed by atoms with Crippen molar-refractivity contribution in [1.82, 2.24) is 0 Å². The van der Waals surface area contributed by atoms with Crippen LogP contribution >= 0.6 is 15.9 Å². The number of halogens is 1. The number of carbonyl (C=O) groups excluding carboxylic acids is 1. The maximum Gasteiger partial charge on any atom is 0.262 e. The SMILES string of the molecule is Cc1ccc(NS(=O)(=O)c2ccc(OCC(=O)Nc3ccccc3Br)c(C)c2)cc1C. The van der Waals surface area contributed by atoms with E-state index in [0.717, 1.165) is 15.6 Å². The highest BCUT2D eigenvalue weighted by atomic mass is 79.9. The summed E-state index contributed by atoms with van der Waals surface area (Å²) in [5, 5.41) is 2.75. The molecule has 0 aliphatic rings. The Bertz CT molecular complexity index is 1230. The van der Waals surface area contributed by atoms with Gasteiger partial charge in [0.1, 0.15) is 5.75 Å². The van der Waals surface area contributed by atoms with E-state index in [0.29, 0.717) is 22.7 Å². The molecule has 31 heavy (non-hydrogen) atoms. The first-order valence-corrected chi connectivity index (χ1v) is 11.8. The molecule has 0 unspecified atom stereocenters. The van der Waals surface area contributed by atoms with Gasteiger partial charge in [-0.3, -0.25) is 9.52 Å². The maximum absolute atomic E-state index is 12.7. The third-order valence-electron chi connectivity index (χ3n) is 4.72. The zero-order valence-corrected chi connectivity index (χ0v) is 19.8. The number of benzene rings is 3. The van der Waals surface area contributed by atoms with Crippen molar-refractivity contribution in [2.24, 2.45) is 0 Å². The molecule has 0 radical (unpaired) electrons. The number of ether oxygens (including phenoxy) is 1. The lowest BCUT2D eigenvalue weighted by Gasteiger charge is -2.13. The summed E-state index contributed by atoms with van der Waals surface area (Å²) in [4.78, 5) is 12.3. The summed E-state index contributed by atoms with van der Waals surface area (Å²) in [6, 6.07) is 17.2. The Hall–Kier alpha value is -2.84. The fraction of sp³-hybridized carbons (Fsp3) is 0.174. The zero-order chi connectivity index (χ0) is 22.6. The fourth-order valence-corrected chi connectivity index (χ4v) is 4.38. The van der Waals surface area contributed by atoms with Crippen LogP contribution in [-0.4, -0.2) is 20.9 Å². The summed E-state index contributed by atoms with van der Waals surface area (Å²) < 4.78 is 34.4. The highest BCUT2D eigenvalue weighted by molar-refractivity contribution is 9.10. The number of carbonyl (C=O) groups is 1. The van der Waals surface area contributed by atoms with Gasteiger partial charge in [0, 0.05) is 10.2 Å². The van der Waals surface area contributed by atoms with Gasteiger partial charge in [0.2, 0.25) is 0 Å². The number of hydrogen-bond acceptors (Lipinski definition) is 4. The molecule has 0 bridgehead atoms. The van der Waals surface area contributed by atoms with E-state index in [9.17, 15) is 13.2 Å². The number of nitrogens with one attached hydrogen (secondary N) is 2. The molecule has 3 aromatic rings. The molecule has 0 aliphatic heterocycles. The van der Waals surface area contributed by atoms with Crippen LogP contribution in [0.2, 0.25) is 0 Å². The van der Waals surface area contributed by atoms with Crippen LogP contribution in [0, 0.1) is 20.8 Å². The molecule has 0 aliphatic carbocycles. The van der Waals surface area contributed by atoms with Gasteiger partial charge in [-0.15, -0.1) is 0 Å². The van der Waals surface area contributed by atoms with Crippen molar-refractivity contribution in [3.8, 4) is 5.75 Å². The van der Waals surface area contributed by atoms with Gasteiger partial charge in [-0.25, -0.2) is 8.42 Å². The van der Waals surface area contributed by atoms with E-state index in [4.69, 9.17) is 4.74 Å². The van der Waals surface area contributed by atoms with E-state index < -0.39 is 10.0 Å². The van der Waals surface area contributed by atoms with Crippen molar-refractivity contribution in [3.05, 3.63) is 81.8 Å². The van der Waals surface area contributed by atoms with Crippen LogP contribution in [0.25, 0.3) is 0 Å². The van der Waals surface area contributed by atoms with Crippen molar-refractivity contribution in [2.45, 2.75) is 25.7 Å². The monoisotopic (exact) mass is 502 g/mol. The summed E-state index contributed by atoms with van der Waals surface area (Å²) >= 11 is 3.37. The van der Waals surface area contributed by atoms with Crippen molar-refractivity contribution < 1.29 is 17.9 Å². The van der Waals surface area contributed by atoms with E-state index in [2.05, 4.69) is 26.0 Å². The molecule has 3 aromatic carbocycles. The number of para-hydroxylation sites is 1. The topological polar surface area (TPSA) is 84.5 Å². The Morgan fingerprint density at radius 2 is 1.68 bits per heavy atom. The zero-order valence-electron chi connectivity index (χ0n) is 17.4. The van der Waals surface area contributed by atoms with E-state index >= 15 is 0 Å². The summed E-state index contributed by atoms with van der Waals surface area (Å²) in [5.74, 6) is 0.117. The molecular formula is C23H23BrN2O4S. The van der Waals surface area contributed by atoms with Gasteiger partial charge in [-0.05, 0) is 95.9 Å². The molecular weight excluding hydrogens is 480 g/mol. The van der Waals surface area contributed by atoms with Crippen LogP contribution in [0.15, 0.2) is 70.0 Å². The number of sulfonamides is 1. The molecule has 2 N–H and O–H groups in total. The predicted molar refractivity (Wildman–Crippen MR) is 126 cm³/mol. The molecule has 0 spiro atoms. The van der Waals surface area contributed by atoms with E-state index in [-0.39, 0.29) is 17.4 Å². The Morgan fingerprint density at radius 1 is 0.935 bits per heavy atom. The normalized spacial score (nSPS) is 11.1. The summed E-state index contributed by atoms with van der Waals surface area (Å²) in [6.45, 7) is 5.43. The largest absolute Gasteiger partial charge is 0.483 e. The quantitative estimate of drug-likeness (QED) is 0.465. The van der Waals surface area contributed by atoms with Gasteiger partial charge in [-0.2, -0.15) is 0 Å². The second kappa shape index (κ2) is 9.53. The van der Waals surface area contributed by atoms with Crippen molar-refractivity contribution in [3.63, 3.8) is 0 Å².